The topological polar surface area (TPSA) is 58.9 Å². The van der Waals surface area contributed by atoms with Crippen LogP contribution in [-0.4, -0.2) is 19.8 Å². The molecule has 0 atom stereocenters. The van der Waals surface area contributed by atoms with Gasteiger partial charge in [-0.05, 0) is 6.42 Å². The molecule has 5 heteroatoms. The molecule has 0 saturated heterocycles. The van der Waals surface area contributed by atoms with Gasteiger partial charge in [-0.15, -0.1) is 8.80 Å². The Morgan fingerprint density at radius 2 is 1.80 bits per heavy atom. The fraction of sp³-hybridized carbons (Fsp3) is 0.200. The molecule has 0 fully saturated rings. The molecule has 1 aliphatic rings. The number of hydrogen-bond donors (Lipinski definition) is 0. The maximum atomic E-state index is 11.2. The van der Waals surface area contributed by atoms with Crippen LogP contribution in [0.2, 0.25) is 0 Å². The Hall–Kier alpha value is -1.49. The third-order valence-corrected chi connectivity index (χ3v) is 2.95. The van der Waals surface area contributed by atoms with Crippen LogP contribution in [0.3, 0.4) is 0 Å². The van der Waals surface area contributed by atoms with Crippen molar-refractivity contribution < 1.29 is 8.42 Å². The Morgan fingerprint density at radius 1 is 1.13 bits per heavy atom. The highest BCUT2D eigenvalue weighted by Crippen LogP contribution is 2.15. The molecule has 0 amide bonds. The SMILES string of the molecule is CCC1=NS(=O)(=O)N=C1c1ccccc1. The van der Waals surface area contributed by atoms with Gasteiger partial charge in [-0.3, -0.25) is 0 Å². The molecule has 78 valence electrons. The van der Waals surface area contributed by atoms with Crippen molar-refractivity contribution >= 4 is 21.6 Å². The zero-order valence-electron chi connectivity index (χ0n) is 8.21. The van der Waals surface area contributed by atoms with E-state index in [1.54, 1.807) is 0 Å². The molecule has 0 unspecified atom stereocenters. The van der Waals surface area contributed by atoms with Crippen LogP contribution in [0.1, 0.15) is 18.9 Å². The van der Waals surface area contributed by atoms with Crippen LogP contribution in [0.4, 0.5) is 0 Å². The smallest absolute Gasteiger partial charge is 0.179 e. The molecule has 0 bridgehead atoms. The van der Waals surface area contributed by atoms with Crippen LogP contribution >= 0.6 is 0 Å². The van der Waals surface area contributed by atoms with Gasteiger partial charge in [0, 0.05) is 5.56 Å². The largest absolute Gasteiger partial charge is 0.363 e. The summed E-state index contributed by atoms with van der Waals surface area (Å²) in [5.41, 5.74) is 1.79. The van der Waals surface area contributed by atoms with E-state index in [1.165, 1.54) is 0 Å². The third kappa shape index (κ3) is 1.97. The second-order valence-corrected chi connectivity index (χ2v) is 4.41. The molecule has 2 rings (SSSR count). The zero-order valence-corrected chi connectivity index (χ0v) is 9.03. The number of nitrogens with zero attached hydrogens (tertiary/aromatic N) is 2. The summed E-state index contributed by atoms with van der Waals surface area (Å²) in [6.07, 6.45) is 0.562. The predicted molar refractivity (Wildman–Crippen MR) is 59.6 cm³/mol. The van der Waals surface area contributed by atoms with Crippen molar-refractivity contribution in [2.24, 2.45) is 8.80 Å². The van der Waals surface area contributed by atoms with Crippen LogP contribution in [0.5, 0.6) is 0 Å². The molecule has 0 saturated carbocycles. The standard InChI is InChI=1S/C10H10N2O2S/c1-2-9-10(12-15(13,14)11-9)8-6-4-3-5-7-8/h3-7H,2H2,1H3. The van der Waals surface area contributed by atoms with Crippen LogP contribution in [0.15, 0.2) is 39.1 Å². The van der Waals surface area contributed by atoms with E-state index in [0.717, 1.165) is 5.56 Å². The second-order valence-electron chi connectivity index (χ2n) is 3.15. The van der Waals surface area contributed by atoms with Gasteiger partial charge in [0.15, 0.2) is 0 Å². The van der Waals surface area contributed by atoms with Crippen molar-refractivity contribution in [1.82, 2.24) is 0 Å². The minimum absolute atomic E-state index is 0.470. The Balaban J connectivity index is 2.53. The summed E-state index contributed by atoms with van der Waals surface area (Å²) in [4.78, 5) is 0. The molecular formula is C10H10N2O2S. The summed E-state index contributed by atoms with van der Waals surface area (Å²) in [6, 6.07) is 9.21. The predicted octanol–water partition coefficient (Wildman–Crippen LogP) is 1.59. The van der Waals surface area contributed by atoms with Gasteiger partial charge < -0.3 is 0 Å². The van der Waals surface area contributed by atoms with Crippen molar-refractivity contribution in [3.05, 3.63) is 35.9 Å². The van der Waals surface area contributed by atoms with Crippen molar-refractivity contribution in [3.63, 3.8) is 0 Å². The lowest BCUT2D eigenvalue weighted by Crippen LogP contribution is -2.10. The monoisotopic (exact) mass is 222 g/mol. The van der Waals surface area contributed by atoms with E-state index in [1.807, 2.05) is 37.3 Å². The average Bonchev–Trinajstić information content (AvgIpc) is 2.55. The summed E-state index contributed by atoms with van der Waals surface area (Å²) >= 11 is 0. The Kier molecular flexibility index (Phi) is 2.40. The first kappa shape index (κ1) is 10.0. The molecule has 1 aromatic rings. The Morgan fingerprint density at radius 3 is 2.40 bits per heavy atom. The van der Waals surface area contributed by atoms with Crippen molar-refractivity contribution in [1.29, 1.82) is 0 Å². The normalized spacial score (nSPS) is 18.5. The van der Waals surface area contributed by atoms with Crippen LogP contribution < -0.4 is 0 Å². The first-order valence-corrected chi connectivity index (χ1v) is 6.01. The summed E-state index contributed by atoms with van der Waals surface area (Å²) in [6.45, 7) is 1.86. The van der Waals surface area contributed by atoms with Crippen molar-refractivity contribution in [2.45, 2.75) is 13.3 Å². The van der Waals surface area contributed by atoms with E-state index in [0.29, 0.717) is 17.8 Å². The van der Waals surface area contributed by atoms with E-state index in [2.05, 4.69) is 8.80 Å². The fourth-order valence-electron chi connectivity index (χ4n) is 1.42. The number of benzene rings is 1. The lowest BCUT2D eigenvalue weighted by molar-refractivity contribution is 0.601. The average molecular weight is 222 g/mol. The lowest BCUT2D eigenvalue weighted by atomic mass is 10.1. The Bertz CT molecular complexity index is 530. The highest BCUT2D eigenvalue weighted by molar-refractivity contribution is 7.89. The third-order valence-electron chi connectivity index (χ3n) is 2.09. The van der Waals surface area contributed by atoms with Gasteiger partial charge in [-0.1, -0.05) is 37.3 Å². The van der Waals surface area contributed by atoms with Gasteiger partial charge in [0.25, 0.3) is 0 Å². The molecule has 4 nitrogen and oxygen atoms in total. The first-order valence-electron chi connectivity index (χ1n) is 4.62. The molecule has 0 aromatic heterocycles. The first-order chi connectivity index (χ1) is 7.12. The van der Waals surface area contributed by atoms with Gasteiger partial charge >= 0.3 is 10.2 Å². The van der Waals surface area contributed by atoms with Gasteiger partial charge in [-0.25, -0.2) is 0 Å². The van der Waals surface area contributed by atoms with Gasteiger partial charge in [0.05, 0.1) is 5.71 Å². The van der Waals surface area contributed by atoms with Gasteiger partial charge in [0.1, 0.15) is 5.71 Å². The molecule has 0 aliphatic carbocycles. The molecule has 0 radical (unpaired) electrons. The lowest BCUT2D eigenvalue weighted by Gasteiger charge is -2.00. The molecule has 1 aromatic carbocycles. The highest BCUT2D eigenvalue weighted by Gasteiger charge is 2.23. The van der Waals surface area contributed by atoms with Crippen LogP contribution in [0.25, 0.3) is 0 Å². The van der Waals surface area contributed by atoms with Gasteiger partial charge in [0.2, 0.25) is 0 Å². The van der Waals surface area contributed by atoms with E-state index in [9.17, 15) is 8.42 Å². The molecule has 1 aliphatic heterocycles. The molecular weight excluding hydrogens is 212 g/mol. The summed E-state index contributed by atoms with van der Waals surface area (Å²) in [5, 5.41) is 0. The highest BCUT2D eigenvalue weighted by atomic mass is 32.2. The van der Waals surface area contributed by atoms with Crippen molar-refractivity contribution in [3.8, 4) is 0 Å². The molecule has 15 heavy (non-hydrogen) atoms. The fourth-order valence-corrected chi connectivity index (χ4v) is 2.39. The van der Waals surface area contributed by atoms with E-state index >= 15 is 0 Å². The maximum Gasteiger partial charge on any atom is 0.363 e. The molecule has 0 spiro atoms. The Labute approximate surface area is 88.6 Å². The minimum atomic E-state index is -3.63. The number of hydrogen-bond acceptors (Lipinski definition) is 2. The van der Waals surface area contributed by atoms with E-state index in [4.69, 9.17) is 0 Å². The molecule has 1 heterocycles. The summed E-state index contributed by atoms with van der Waals surface area (Å²) in [5.74, 6) is 0. The quantitative estimate of drug-likeness (QED) is 0.762. The van der Waals surface area contributed by atoms with Crippen LogP contribution in [-0.2, 0) is 10.2 Å². The van der Waals surface area contributed by atoms with Gasteiger partial charge in [-0.2, -0.15) is 8.42 Å². The van der Waals surface area contributed by atoms with E-state index < -0.39 is 10.2 Å². The number of rotatable bonds is 2. The second kappa shape index (κ2) is 3.58. The minimum Gasteiger partial charge on any atom is -0.179 e. The summed E-state index contributed by atoms with van der Waals surface area (Å²) in [7, 11) is -3.63. The molecule has 0 N–H and O–H groups in total. The summed E-state index contributed by atoms with van der Waals surface area (Å²) < 4.78 is 29.6. The zero-order chi connectivity index (χ0) is 10.9. The van der Waals surface area contributed by atoms with Crippen LogP contribution in [0, 0.1) is 0 Å². The van der Waals surface area contributed by atoms with Crippen molar-refractivity contribution in [2.75, 3.05) is 0 Å². The van der Waals surface area contributed by atoms with E-state index in [-0.39, 0.29) is 0 Å². The maximum absolute atomic E-state index is 11.2.